The number of carbonyl (C=O) groups excluding carboxylic acids is 1. The summed E-state index contributed by atoms with van der Waals surface area (Å²) in [6.07, 6.45) is 0. The largest absolute Gasteiger partial charge is 0.395 e. The van der Waals surface area contributed by atoms with Crippen LogP contribution in [0.3, 0.4) is 0 Å². The van der Waals surface area contributed by atoms with Gasteiger partial charge in [0.1, 0.15) is 10.7 Å². The Hall–Kier alpha value is -2.32. The highest BCUT2D eigenvalue weighted by Gasteiger charge is 2.12. The molecule has 2 rings (SSSR count). The summed E-state index contributed by atoms with van der Waals surface area (Å²) in [7, 11) is 0. The molecule has 8 heteroatoms. The number of hydrogen-bond donors (Lipinski definition) is 2. The zero-order chi connectivity index (χ0) is 14.5. The van der Waals surface area contributed by atoms with Gasteiger partial charge in [-0.25, -0.2) is 4.98 Å². The van der Waals surface area contributed by atoms with Crippen molar-refractivity contribution in [3.8, 4) is 10.6 Å². The first-order chi connectivity index (χ1) is 9.61. The number of nitro benzene ring substituents is 1. The summed E-state index contributed by atoms with van der Waals surface area (Å²) in [5.41, 5.74) is 0.977. The molecule has 1 heterocycles. The highest BCUT2D eigenvalue weighted by molar-refractivity contribution is 7.13. The maximum absolute atomic E-state index is 11.6. The predicted octanol–water partition coefficient (Wildman–Crippen LogP) is 1.44. The number of hydrogen-bond acceptors (Lipinski definition) is 6. The number of nitro groups is 1. The van der Waals surface area contributed by atoms with Crippen LogP contribution in [0.15, 0.2) is 29.6 Å². The highest BCUT2D eigenvalue weighted by atomic mass is 32.1. The van der Waals surface area contributed by atoms with Crippen LogP contribution < -0.4 is 5.32 Å². The van der Waals surface area contributed by atoms with Crippen LogP contribution in [-0.2, 0) is 0 Å². The van der Waals surface area contributed by atoms with Crippen LogP contribution in [0.25, 0.3) is 10.6 Å². The van der Waals surface area contributed by atoms with E-state index < -0.39 is 4.92 Å². The van der Waals surface area contributed by atoms with Crippen LogP contribution in [0.1, 0.15) is 10.5 Å². The maximum atomic E-state index is 11.6. The lowest BCUT2D eigenvalue weighted by molar-refractivity contribution is -0.384. The number of amides is 1. The summed E-state index contributed by atoms with van der Waals surface area (Å²) in [5, 5.41) is 23.9. The van der Waals surface area contributed by atoms with Gasteiger partial charge in [0.15, 0.2) is 0 Å². The van der Waals surface area contributed by atoms with Crippen molar-refractivity contribution in [3.05, 3.63) is 45.5 Å². The number of non-ortho nitro benzene ring substituents is 1. The highest BCUT2D eigenvalue weighted by Crippen LogP contribution is 2.25. The van der Waals surface area contributed by atoms with Crippen LogP contribution in [0, 0.1) is 10.1 Å². The van der Waals surface area contributed by atoms with Gasteiger partial charge in [0.05, 0.1) is 11.5 Å². The maximum Gasteiger partial charge on any atom is 0.270 e. The molecular weight excluding hydrogens is 282 g/mol. The summed E-state index contributed by atoms with van der Waals surface area (Å²) >= 11 is 1.27. The molecular formula is C12H11N3O4S. The zero-order valence-electron chi connectivity index (χ0n) is 10.3. The molecule has 0 unspecified atom stereocenters. The fraction of sp³-hybridized carbons (Fsp3) is 0.167. The van der Waals surface area contributed by atoms with Gasteiger partial charge in [-0.2, -0.15) is 0 Å². The smallest absolute Gasteiger partial charge is 0.270 e. The molecule has 1 aromatic heterocycles. The summed E-state index contributed by atoms with van der Waals surface area (Å²) in [5.74, 6) is -0.358. The van der Waals surface area contributed by atoms with E-state index in [9.17, 15) is 14.9 Å². The first-order valence-corrected chi connectivity index (χ1v) is 6.59. The monoisotopic (exact) mass is 293 g/mol. The van der Waals surface area contributed by atoms with Gasteiger partial charge in [-0.15, -0.1) is 11.3 Å². The van der Waals surface area contributed by atoms with Crippen molar-refractivity contribution in [2.75, 3.05) is 13.2 Å². The summed E-state index contributed by atoms with van der Waals surface area (Å²) in [6, 6.07) is 5.96. The summed E-state index contributed by atoms with van der Waals surface area (Å²) < 4.78 is 0. The van der Waals surface area contributed by atoms with E-state index in [4.69, 9.17) is 5.11 Å². The molecule has 0 fully saturated rings. The minimum atomic E-state index is -0.473. The van der Waals surface area contributed by atoms with E-state index in [1.807, 2.05) is 0 Å². The Kier molecular flexibility index (Phi) is 4.38. The number of nitrogens with one attached hydrogen (secondary N) is 1. The SMILES string of the molecule is O=C(NCCO)c1csc(-c2ccc([N+](=O)[O-])cc2)n1. The molecule has 2 N–H and O–H groups in total. The number of aliphatic hydroxyl groups excluding tert-OH is 1. The second-order valence-electron chi connectivity index (χ2n) is 3.82. The van der Waals surface area contributed by atoms with Crippen molar-refractivity contribution in [1.82, 2.24) is 10.3 Å². The minimum absolute atomic E-state index is 0.00576. The van der Waals surface area contributed by atoms with Gasteiger partial charge in [0.2, 0.25) is 0 Å². The fourth-order valence-corrected chi connectivity index (χ4v) is 2.30. The molecule has 7 nitrogen and oxygen atoms in total. The number of thiazole rings is 1. The Balaban J connectivity index is 2.16. The first kappa shape index (κ1) is 14.1. The number of carbonyl (C=O) groups is 1. The second kappa shape index (κ2) is 6.22. The lowest BCUT2D eigenvalue weighted by Gasteiger charge is -1.99. The van der Waals surface area contributed by atoms with Crippen LogP contribution in [0.5, 0.6) is 0 Å². The molecule has 104 valence electrons. The molecule has 0 atom stereocenters. The van der Waals surface area contributed by atoms with E-state index in [2.05, 4.69) is 10.3 Å². The third-order valence-corrected chi connectivity index (χ3v) is 3.35. The van der Waals surface area contributed by atoms with Crippen molar-refractivity contribution in [3.63, 3.8) is 0 Å². The Morgan fingerprint density at radius 3 is 2.70 bits per heavy atom. The predicted molar refractivity (Wildman–Crippen MR) is 73.6 cm³/mol. The third-order valence-electron chi connectivity index (χ3n) is 2.46. The van der Waals surface area contributed by atoms with E-state index in [-0.39, 0.29) is 30.4 Å². The molecule has 1 amide bonds. The molecule has 0 aliphatic heterocycles. The molecule has 0 radical (unpaired) electrons. The van der Waals surface area contributed by atoms with Crippen molar-refractivity contribution in [2.24, 2.45) is 0 Å². The number of aliphatic hydroxyl groups is 1. The van der Waals surface area contributed by atoms with Crippen molar-refractivity contribution >= 4 is 22.9 Å². The zero-order valence-corrected chi connectivity index (χ0v) is 11.1. The van der Waals surface area contributed by atoms with Crippen molar-refractivity contribution < 1.29 is 14.8 Å². The molecule has 0 saturated heterocycles. The molecule has 1 aromatic carbocycles. The summed E-state index contributed by atoms with van der Waals surface area (Å²) in [6.45, 7) is 0.0360. The van der Waals surface area contributed by atoms with E-state index in [1.165, 1.54) is 23.5 Å². The number of benzene rings is 1. The van der Waals surface area contributed by atoms with E-state index in [1.54, 1.807) is 17.5 Å². The third kappa shape index (κ3) is 3.16. The molecule has 0 bridgehead atoms. The molecule has 2 aromatic rings. The number of aromatic nitrogens is 1. The Morgan fingerprint density at radius 2 is 2.10 bits per heavy atom. The summed E-state index contributed by atoms with van der Waals surface area (Å²) in [4.78, 5) is 25.9. The van der Waals surface area contributed by atoms with Crippen LogP contribution in [0.4, 0.5) is 5.69 Å². The van der Waals surface area contributed by atoms with Gasteiger partial charge < -0.3 is 10.4 Å². The molecule has 20 heavy (non-hydrogen) atoms. The number of rotatable bonds is 5. The van der Waals surface area contributed by atoms with E-state index >= 15 is 0 Å². The van der Waals surface area contributed by atoms with Crippen LogP contribution in [0.2, 0.25) is 0 Å². The van der Waals surface area contributed by atoms with Crippen LogP contribution in [-0.4, -0.2) is 34.1 Å². The lowest BCUT2D eigenvalue weighted by Crippen LogP contribution is -2.26. The van der Waals surface area contributed by atoms with Gasteiger partial charge in [-0.3, -0.25) is 14.9 Å². The normalized spacial score (nSPS) is 10.2. The van der Waals surface area contributed by atoms with E-state index in [0.717, 1.165) is 0 Å². The van der Waals surface area contributed by atoms with Crippen LogP contribution >= 0.6 is 11.3 Å². The molecule has 0 aliphatic carbocycles. The van der Waals surface area contributed by atoms with Gasteiger partial charge in [-0.05, 0) is 12.1 Å². The Morgan fingerprint density at radius 1 is 1.40 bits per heavy atom. The topological polar surface area (TPSA) is 105 Å². The second-order valence-corrected chi connectivity index (χ2v) is 4.68. The van der Waals surface area contributed by atoms with Crippen molar-refractivity contribution in [2.45, 2.75) is 0 Å². The van der Waals surface area contributed by atoms with Gasteiger partial charge in [0, 0.05) is 29.6 Å². The number of nitrogens with zero attached hydrogens (tertiary/aromatic N) is 2. The van der Waals surface area contributed by atoms with Crippen molar-refractivity contribution in [1.29, 1.82) is 0 Å². The molecule has 0 saturated carbocycles. The Bertz CT molecular complexity index is 624. The minimum Gasteiger partial charge on any atom is -0.395 e. The van der Waals surface area contributed by atoms with E-state index in [0.29, 0.717) is 10.6 Å². The molecule has 0 aliphatic rings. The Labute approximate surface area is 118 Å². The quantitative estimate of drug-likeness (QED) is 0.641. The van der Waals surface area contributed by atoms with Gasteiger partial charge in [0.25, 0.3) is 11.6 Å². The van der Waals surface area contributed by atoms with Gasteiger partial charge in [-0.1, -0.05) is 0 Å². The standard InChI is InChI=1S/C12H11N3O4S/c16-6-5-13-11(17)10-7-20-12(14-10)8-1-3-9(4-2-8)15(18)19/h1-4,7,16H,5-6H2,(H,13,17). The average Bonchev–Trinajstić information content (AvgIpc) is 2.94. The lowest BCUT2D eigenvalue weighted by atomic mass is 10.2. The average molecular weight is 293 g/mol. The molecule has 0 spiro atoms. The van der Waals surface area contributed by atoms with Gasteiger partial charge >= 0.3 is 0 Å². The first-order valence-electron chi connectivity index (χ1n) is 5.71. The fourth-order valence-electron chi connectivity index (χ4n) is 1.50.